The first-order valence-electron chi connectivity index (χ1n) is 5.70. The Morgan fingerprint density at radius 1 is 1.00 bits per heavy atom. The second kappa shape index (κ2) is 8.06. The van der Waals surface area contributed by atoms with Gasteiger partial charge in [-0.05, 0) is 0 Å². The Morgan fingerprint density at radius 3 is 2.12 bits per heavy atom. The first kappa shape index (κ1) is 14.9. The SMILES string of the molecule is CO[Si](CCC[AsH]c1ccccc1)(OC)OC. The molecule has 1 aromatic rings. The van der Waals surface area contributed by atoms with Crippen LogP contribution in [-0.2, 0) is 13.3 Å². The Morgan fingerprint density at radius 2 is 1.59 bits per heavy atom. The predicted molar refractivity (Wildman–Crippen MR) is 74.2 cm³/mol. The zero-order valence-corrected chi connectivity index (χ0v) is 13.8. The third-order valence-electron chi connectivity index (χ3n) is 2.70. The molecule has 0 aromatic heterocycles. The van der Waals surface area contributed by atoms with Gasteiger partial charge in [0.25, 0.3) is 0 Å². The van der Waals surface area contributed by atoms with Crippen LogP contribution in [0.3, 0.4) is 0 Å². The molecule has 0 aliphatic carbocycles. The maximum absolute atomic E-state index is 5.40. The molecule has 1 aromatic carbocycles. The quantitative estimate of drug-likeness (QED) is 0.536. The van der Waals surface area contributed by atoms with Crippen molar-refractivity contribution in [3.63, 3.8) is 0 Å². The summed E-state index contributed by atoms with van der Waals surface area (Å²) in [5.74, 6) is 0. The van der Waals surface area contributed by atoms with Crippen molar-refractivity contribution in [1.82, 2.24) is 0 Å². The third kappa shape index (κ3) is 4.94. The van der Waals surface area contributed by atoms with Gasteiger partial charge < -0.3 is 0 Å². The van der Waals surface area contributed by atoms with Crippen LogP contribution < -0.4 is 4.35 Å². The van der Waals surface area contributed by atoms with Crippen molar-refractivity contribution in [2.24, 2.45) is 0 Å². The van der Waals surface area contributed by atoms with E-state index in [2.05, 4.69) is 30.3 Å². The summed E-state index contributed by atoms with van der Waals surface area (Å²) in [6, 6.07) is 11.6. The maximum atomic E-state index is 5.40. The van der Waals surface area contributed by atoms with Crippen LogP contribution in [0.25, 0.3) is 0 Å². The Bertz CT molecular complexity index is 296. The van der Waals surface area contributed by atoms with E-state index in [1.165, 1.54) is 9.56 Å². The average Bonchev–Trinajstić information content (AvgIpc) is 2.41. The van der Waals surface area contributed by atoms with Gasteiger partial charge >= 0.3 is 112 Å². The van der Waals surface area contributed by atoms with Gasteiger partial charge in [-0.2, -0.15) is 0 Å². The van der Waals surface area contributed by atoms with Gasteiger partial charge in [0.15, 0.2) is 0 Å². The molecular formula is C12H21AsO3Si. The standard InChI is InChI=1S/C12H21AsO3Si/c1-14-17(15-2,16-3)11-7-10-13-12-8-5-4-6-9-12/h4-6,8-9,13H,7,10-11H2,1-3H3. The second-order valence-electron chi connectivity index (χ2n) is 3.69. The molecule has 17 heavy (non-hydrogen) atoms. The minimum absolute atomic E-state index is 0.0230. The van der Waals surface area contributed by atoms with E-state index >= 15 is 0 Å². The van der Waals surface area contributed by atoms with Crippen LogP contribution in [-0.4, -0.2) is 45.9 Å². The first-order valence-corrected chi connectivity index (χ1v) is 10.2. The van der Waals surface area contributed by atoms with Crippen LogP contribution in [0, 0.1) is 0 Å². The fraction of sp³-hybridized carbons (Fsp3) is 0.500. The molecule has 0 saturated carbocycles. The van der Waals surface area contributed by atoms with Gasteiger partial charge in [0, 0.05) is 0 Å². The molecule has 0 amide bonds. The summed E-state index contributed by atoms with van der Waals surface area (Å²) in [6.45, 7) is 0. The molecule has 0 bridgehead atoms. The summed E-state index contributed by atoms with van der Waals surface area (Å²) in [7, 11) is 2.68. The van der Waals surface area contributed by atoms with Gasteiger partial charge in [0.1, 0.15) is 0 Å². The van der Waals surface area contributed by atoms with Crippen LogP contribution in [0.1, 0.15) is 6.42 Å². The summed E-state index contributed by atoms with van der Waals surface area (Å²) >= 11 is -0.0230. The van der Waals surface area contributed by atoms with E-state index in [-0.39, 0.29) is 15.8 Å². The van der Waals surface area contributed by atoms with Gasteiger partial charge in [0.05, 0.1) is 0 Å². The molecule has 96 valence electrons. The van der Waals surface area contributed by atoms with Gasteiger partial charge in [-0.25, -0.2) is 0 Å². The Kier molecular flexibility index (Phi) is 7.08. The summed E-state index contributed by atoms with van der Waals surface area (Å²) in [5, 5.41) is 1.26. The molecule has 0 saturated heterocycles. The van der Waals surface area contributed by atoms with Crippen molar-refractivity contribution in [3.05, 3.63) is 30.3 Å². The third-order valence-corrected chi connectivity index (χ3v) is 8.35. The number of benzene rings is 1. The Balaban J connectivity index is 2.28. The van der Waals surface area contributed by atoms with Crippen LogP contribution in [0.15, 0.2) is 30.3 Å². The van der Waals surface area contributed by atoms with Crippen LogP contribution in [0.5, 0.6) is 0 Å². The normalized spacial score (nSPS) is 12.4. The van der Waals surface area contributed by atoms with Crippen molar-refractivity contribution in [3.8, 4) is 0 Å². The van der Waals surface area contributed by atoms with Gasteiger partial charge in [0.2, 0.25) is 0 Å². The van der Waals surface area contributed by atoms with Crippen molar-refractivity contribution in [1.29, 1.82) is 0 Å². The van der Waals surface area contributed by atoms with E-state index < -0.39 is 8.80 Å². The molecular weight excluding hydrogens is 295 g/mol. The zero-order valence-electron chi connectivity index (χ0n) is 10.7. The molecule has 0 N–H and O–H groups in total. The summed E-state index contributed by atoms with van der Waals surface area (Å²) in [5.41, 5.74) is 0. The van der Waals surface area contributed by atoms with E-state index in [1.54, 1.807) is 21.3 Å². The summed E-state index contributed by atoms with van der Waals surface area (Å²) in [4.78, 5) is 0. The van der Waals surface area contributed by atoms with Crippen molar-refractivity contribution >= 4 is 28.9 Å². The van der Waals surface area contributed by atoms with E-state index in [0.717, 1.165) is 12.5 Å². The minimum atomic E-state index is -2.34. The van der Waals surface area contributed by atoms with Crippen LogP contribution >= 0.6 is 0 Å². The molecule has 0 aliphatic rings. The van der Waals surface area contributed by atoms with Crippen LogP contribution in [0.2, 0.25) is 11.3 Å². The molecule has 1 rings (SSSR count). The molecule has 0 spiro atoms. The van der Waals surface area contributed by atoms with Crippen LogP contribution in [0.4, 0.5) is 0 Å². The average molecular weight is 316 g/mol. The fourth-order valence-electron chi connectivity index (χ4n) is 1.65. The molecule has 0 heterocycles. The summed E-state index contributed by atoms with van der Waals surface area (Å²) < 4.78 is 17.7. The van der Waals surface area contributed by atoms with Gasteiger partial charge in [-0.15, -0.1) is 0 Å². The van der Waals surface area contributed by atoms with E-state index in [4.69, 9.17) is 13.3 Å². The zero-order chi connectivity index (χ0) is 12.6. The van der Waals surface area contributed by atoms with E-state index in [9.17, 15) is 0 Å². The Hall–Kier alpha value is -0.125. The molecule has 0 fully saturated rings. The van der Waals surface area contributed by atoms with Gasteiger partial charge in [-0.3, -0.25) is 0 Å². The summed E-state index contributed by atoms with van der Waals surface area (Å²) in [6.07, 6.45) is 1.12. The van der Waals surface area contributed by atoms with Crippen molar-refractivity contribution in [2.45, 2.75) is 17.7 Å². The number of hydrogen-bond acceptors (Lipinski definition) is 3. The molecule has 0 aliphatic heterocycles. The first-order chi connectivity index (χ1) is 8.26. The van der Waals surface area contributed by atoms with Crippen molar-refractivity contribution < 1.29 is 13.3 Å². The Labute approximate surface area is 112 Å². The predicted octanol–water partition coefficient (Wildman–Crippen LogP) is 1.43. The van der Waals surface area contributed by atoms with E-state index in [1.807, 2.05) is 0 Å². The van der Waals surface area contributed by atoms with Gasteiger partial charge in [-0.1, -0.05) is 0 Å². The van der Waals surface area contributed by atoms with Crippen molar-refractivity contribution in [2.75, 3.05) is 21.3 Å². The molecule has 0 radical (unpaired) electrons. The topological polar surface area (TPSA) is 27.7 Å². The second-order valence-corrected chi connectivity index (χ2v) is 9.78. The molecule has 3 nitrogen and oxygen atoms in total. The number of rotatable bonds is 8. The fourth-order valence-corrected chi connectivity index (χ4v) is 6.36. The molecule has 5 heteroatoms. The molecule has 1 atom stereocenters. The van der Waals surface area contributed by atoms with E-state index in [0.29, 0.717) is 0 Å². The number of hydrogen-bond donors (Lipinski definition) is 0. The monoisotopic (exact) mass is 316 g/mol. The molecule has 1 unspecified atom stereocenters.